The Bertz CT molecular complexity index is 1890. The molecule has 4 aromatic carbocycles. The fraction of sp³-hybridized carbons (Fsp3) is 0.342. The van der Waals surface area contributed by atoms with Gasteiger partial charge in [-0.2, -0.15) is 13.2 Å². The van der Waals surface area contributed by atoms with Gasteiger partial charge in [0.05, 0.1) is 42.9 Å². The molecular weight excluding hydrogens is 688 g/mol. The molecule has 1 fully saturated rings. The fourth-order valence-corrected chi connectivity index (χ4v) is 7.74. The van der Waals surface area contributed by atoms with Crippen LogP contribution in [0.25, 0.3) is 0 Å². The minimum absolute atomic E-state index is 0.0911. The predicted molar refractivity (Wildman–Crippen MR) is 181 cm³/mol. The van der Waals surface area contributed by atoms with Crippen LogP contribution in [0, 0.1) is 12.7 Å². The molecule has 0 aromatic heterocycles. The first-order chi connectivity index (χ1) is 24.4. The Morgan fingerprint density at radius 1 is 0.961 bits per heavy atom. The Kier molecular flexibility index (Phi) is 11.2. The average Bonchev–Trinajstić information content (AvgIpc) is 3.11. The summed E-state index contributed by atoms with van der Waals surface area (Å²) in [4.78, 5) is 15.8. The average molecular weight is 727 g/mol. The molecule has 1 saturated heterocycles. The van der Waals surface area contributed by atoms with Crippen LogP contribution in [0.1, 0.15) is 40.3 Å². The SMILES string of the molecule is Cc1ccc(S(=O)(=O)N[C@H]2C[C@H](C(=O)N3CCc4ccccc4[C@@H]3c3ccc(F)cc3)OC[C@@H]2O[C@@H](COCc2ccccc2)C(F)(F)F)cc1. The Morgan fingerprint density at radius 2 is 1.65 bits per heavy atom. The van der Waals surface area contributed by atoms with Crippen molar-refractivity contribution in [1.29, 1.82) is 0 Å². The molecular formula is C38H38F4N2O6S. The molecule has 1 amide bonds. The van der Waals surface area contributed by atoms with Crippen LogP contribution in [0.2, 0.25) is 0 Å². The highest BCUT2D eigenvalue weighted by atomic mass is 32.2. The number of alkyl halides is 3. The van der Waals surface area contributed by atoms with E-state index in [4.69, 9.17) is 14.2 Å². The highest BCUT2D eigenvalue weighted by molar-refractivity contribution is 7.89. The number of fused-ring (bicyclic) bond motifs is 1. The van der Waals surface area contributed by atoms with Gasteiger partial charge in [0.15, 0.2) is 6.10 Å². The van der Waals surface area contributed by atoms with E-state index in [0.29, 0.717) is 17.5 Å². The summed E-state index contributed by atoms with van der Waals surface area (Å²) in [7, 11) is -4.26. The molecule has 2 heterocycles. The molecule has 270 valence electrons. The van der Waals surface area contributed by atoms with Crippen molar-refractivity contribution in [1.82, 2.24) is 9.62 Å². The van der Waals surface area contributed by atoms with Crippen LogP contribution in [-0.2, 0) is 42.1 Å². The summed E-state index contributed by atoms with van der Waals surface area (Å²) in [6.07, 6.45) is -9.68. The second-order valence-electron chi connectivity index (χ2n) is 12.7. The first-order valence-corrected chi connectivity index (χ1v) is 18.1. The lowest BCUT2D eigenvalue weighted by Crippen LogP contribution is -2.58. The van der Waals surface area contributed by atoms with E-state index in [-0.39, 0.29) is 24.5 Å². The lowest BCUT2D eigenvalue weighted by Gasteiger charge is -2.42. The third kappa shape index (κ3) is 8.85. The Morgan fingerprint density at radius 3 is 2.35 bits per heavy atom. The maximum atomic E-state index is 14.3. The van der Waals surface area contributed by atoms with Crippen LogP contribution in [0.3, 0.4) is 0 Å². The van der Waals surface area contributed by atoms with Gasteiger partial charge in [-0.3, -0.25) is 4.79 Å². The van der Waals surface area contributed by atoms with Crippen LogP contribution in [-0.4, -0.2) is 69.5 Å². The van der Waals surface area contributed by atoms with Gasteiger partial charge in [0.2, 0.25) is 10.0 Å². The Balaban J connectivity index is 1.26. The third-order valence-electron chi connectivity index (χ3n) is 9.13. The van der Waals surface area contributed by atoms with Crippen molar-refractivity contribution in [3.8, 4) is 0 Å². The number of carbonyl (C=O) groups is 1. The summed E-state index contributed by atoms with van der Waals surface area (Å²) in [5, 5.41) is 0. The highest BCUT2D eigenvalue weighted by Crippen LogP contribution is 2.37. The third-order valence-corrected chi connectivity index (χ3v) is 10.6. The van der Waals surface area contributed by atoms with Gasteiger partial charge in [0.1, 0.15) is 11.9 Å². The van der Waals surface area contributed by atoms with Crippen molar-refractivity contribution in [3.05, 3.63) is 137 Å². The normalized spacial score (nSPS) is 21.5. The molecule has 8 nitrogen and oxygen atoms in total. The van der Waals surface area contributed by atoms with Gasteiger partial charge in [-0.1, -0.05) is 84.4 Å². The minimum Gasteiger partial charge on any atom is -0.374 e. The van der Waals surface area contributed by atoms with Crippen LogP contribution in [0.5, 0.6) is 0 Å². The van der Waals surface area contributed by atoms with Gasteiger partial charge >= 0.3 is 6.18 Å². The molecule has 2 aliphatic rings. The van der Waals surface area contributed by atoms with Crippen LogP contribution >= 0.6 is 0 Å². The first-order valence-electron chi connectivity index (χ1n) is 16.6. The van der Waals surface area contributed by atoms with E-state index in [1.807, 2.05) is 24.3 Å². The lowest BCUT2D eigenvalue weighted by atomic mass is 9.87. The number of halogens is 4. The van der Waals surface area contributed by atoms with E-state index in [2.05, 4.69) is 4.72 Å². The zero-order valence-electron chi connectivity index (χ0n) is 27.8. The number of benzene rings is 4. The second-order valence-corrected chi connectivity index (χ2v) is 14.5. The molecule has 0 spiro atoms. The molecule has 1 N–H and O–H groups in total. The van der Waals surface area contributed by atoms with Gasteiger partial charge in [-0.15, -0.1) is 0 Å². The van der Waals surface area contributed by atoms with Gasteiger partial charge < -0.3 is 19.1 Å². The maximum Gasteiger partial charge on any atom is 0.416 e. The molecule has 0 radical (unpaired) electrons. The molecule has 13 heteroatoms. The molecule has 0 unspecified atom stereocenters. The number of carbonyl (C=O) groups excluding carboxylic acids is 1. The van der Waals surface area contributed by atoms with Gasteiger partial charge in [-0.25, -0.2) is 17.5 Å². The molecule has 6 rings (SSSR count). The summed E-state index contributed by atoms with van der Waals surface area (Å²) < 4.78 is 103. The van der Waals surface area contributed by atoms with Gasteiger partial charge in [0, 0.05) is 13.0 Å². The maximum absolute atomic E-state index is 14.3. The summed E-state index contributed by atoms with van der Waals surface area (Å²) in [6, 6.07) is 26.2. The van der Waals surface area contributed by atoms with Crippen molar-refractivity contribution in [2.24, 2.45) is 0 Å². The molecule has 4 aromatic rings. The van der Waals surface area contributed by atoms with E-state index in [9.17, 15) is 30.8 Å². The van der Waals surface area contributed by atoms with E-state index in [0.717, 1.165) is 16.7 Å². The number of ether oxygens (including phenoxy) is 3. The molecule has 51 heavy (non-hydrogen) atoms. The van der Waals surface area contributed by atoms with Crippen molar-refractivity contribution in [2.45, 2.75) is 67.8 Å². The van der Waals surface area contributed by atoms with Gasteiger partial charge in [-0.05, 0) is 59.9 Å². The van der Waals surface area contributed by atoms with Gasteiger partial charge in [0.25, 0.3) is 5.91 Å². The van der Waals surface area contributed by atoms with Crippen LogP contribution in [0.15, 0.2) is 108 Å². The zero-order chi connectivity index (χ0) is 36.2. The summed E-state index contributed by atoms with van der Waals surface area (Å²) in [6.45, 7) is 0.631. The molecule has 5 atom stereocenters. The number of nitrogens with zero attached hydrogens (tertiary/aromatic N) is 1. The highest BCUT2D eigenvalue weighted by Gasteiger charge is 2.47. The largest absolute Gasteiger partial charge is 0.416 e. The molecule has 0 aliphatic carbocycles. The van der Waals surface area contributed by atoms with E-state index < -0.39 is 71.5 Å². The number of aryl methyl sites for hydroxylation is 1. The van der Waals surface area contributed by atoms with Crippen molar-refractivity contribution in [2.75, 3.05) is 19.8 Å². The smallest absolute Gasteiger partial charge is 0.374 e. The number of hydrogen-bond acceptors (Lipinski definition) is 6. The number of rotatable bonds is 11. The summed E-state index contributed by atoms with van der Waals surface area (Å²) >= 11 is 0. The summed E-state index contributed by atoms with van der Waals surface area (Å²) in [5.41, 5.74) is 4.01. The number of nitrogens with one attached hydrogen (secondary N) is 1. The molecule has 0 bridgehead atoms. The number of amides is 1. The van der Waals surface area contributed by atoms with E-state index in [1.54, 1.807) is 66.4 Å². The first kappa shape index (κ1) is 36.6. The Labute approximate surface area is 294 Å². The van der Waals surface area contributed by atoms with E-state index >= 15 is 0 Å². The van der Waals surface area contributed by atoms with Crippen LogP contribution < -0.4 is 4.72 Å². The topological polar surface area (TPSA) is 94.2 Å². The number of hydrogen-bond donors (Lipinski definition) is 1. The monoisotopic (exact) mass is 726 g/mol. The van der Waals surface area contributed by atoms with Crippen molar-refractivity contribution >= 4 is 15.9 Å². The predicted octanol–water partition coefficient (Wildman–Crippen LogP) is 6.28. The lowest BCUT2D eigenvalue weighted by molar-refractivity contribution is -0.259. The van der Waals surface area contributed by atoms with Crippen molar-refractivity contribution < 1.29 is 45.0 Å². The molecule has 0 saturated carbocycles. The second kappa shape index (κ2) is 15.6. The summed E-state index contributed by atoms with van der Waals surface area (Å²) in [5.74, 6) is -0.913. The minimum atomic E-state index is -4.85. The molecule has 2 aliphatic heterocycles. The van der Waals surface area contributed by atoms with E-state index in [1.165, 1.54) is 24.3 Å². The van der Waals surface area contributed by atoms with Crippen molar-refractivity contribution in [3.63, 3.8) is 0 Å². The standard InChI is InChI=1S/C38H38F4N2O6S/c1-25-11-17-30(18-12-25)51(46,47)43-32-21-33(49-23-34(32)50-35(38(40,41)42)24-48-22-26-7-3-2-4-8-26)37(45)44-20-19-27-9-5-6-10-31(27)36(44)28-13-15-29(39)16-14-28/h2-18,32-36,43H,19-24H2,1H3/t32-,33+,34-,35-,36-/m0/s1. The fourth-order valence-electron chi connectivity index (χ4n) is 6.47. The number of sulfonamides is 1. The Hall–Kier alpha value is -4.14. The quantitative estimate of drug-likeness (QED) is 0.183. The zero-order valence-corrected chi connectivity index (χ0v) is 28.6. The van der Waals surface area contributed by atoms with Crippen LogP contribution in [0.4, 0.5) is 17.6 Å².